The Bertz CT molecular complexity index is 342. The van der Waals surface area contributed by atoms with Crippen molar-refractivity contribution in [2.24, 2.45) is 11.5 Å². The smallest absolute Gasteiger partial charge is 0.330 e. The maximum Gasteiger partial charge on any atom is 0.416 e. The zero-order chi connectivity index (χ0) is 12.2. The summed E-state index contributed by atoms with van der Waals surface area (Å²) in [6.45, 7) is 0.493. The molecule has 1 aromatic carbocycles. The van der Waals surface area contributed by atoms with Crippen molar-refractivity contribution < 1.29 is 13.2 Å². The Morgan fingerprint density at radius 3 is 2.41 bits per heavy atom. The van der Waals surface area contributed by atoms with Crippen molar-refractivity contribution in [1.29, 1.82) is 0 Å². The second kappa shape index (κ2) is 6.83. The first kappa shape index (κ1) is 16.2. The molecule has 17 heavy (non-hydrogen) atoms. The van der Waals surface area contributed by atoms with E-state index in [0.29, 0.717) is 24.9 Å². The molecule has 0 bridgehead atoms. The van der Waals surface area contributed by atoms with E-state index in [0.717, 1.165) is 12.1 Å². The summed E-state index contributed by atoms with van der Waals surface area (Å²) in [5, 5.41) is 0. The van der Waals surface area contributed by atoms with Gasteiger partial charge in [-0.1, -0.05) is 12.1 Å². The summed E-state index contributed by atoms with van der Waals surface area (Å²) in [6.07, 6.45) is -3.02. The molecule has 98 valence electrons. The van der Waals surface area contributed by atoms with Gasteiger partial charge in [0.05, 0.1) is 5.56 Å². The predicted octanol–water partition coefficient (Wildman–Crippen LogP) is 2.87. The van der Waals surface area contributed by atoms with Gasteiger partial charge in [0.25, 0.3) is 0 Å². The van der Waals surface area contributed by atoms with Crippen molar-refractivity contribution in [2.75, 3.05) is 6.54 Å². The second-order valence-electron chi connectivity index (χ2n) is 3.66. The lowest BCUT2D eigenvalue weighted by Crippen LogP contribution is -2.14. The van der Waals surface area contributed by atoms with Crippen LogP contribution in [0.5, 0.6) is 0 Å². The van der Waals surface area contributed by atoms with Crippen LogP contribution in [0.3, 0.4) is 0 Å². The van der Waals surface area contributed by atoms with Gasteiger partial charge < -0.3 is 11.5 Å². The first-order valence-corrected chi connectivity index (χ1v) is 5.08. The number of hydrogen-bond donors (Lipinski definition) is 2. The second-order valence-corrected chi connectivity index (χ2v) is 3.66. The molecule has 0 aliphatic heterocycles. The molecule has 0 aliphatic carbocycles. The zero-order valence-electron chi connectivity index (χ0n) is 9.20. The van der Waals surface area contributed by atoms with Crippen LogP contribution < -0.4 is 11.5 Å². The Morgan fingerprint density at radius 1 is 1.24 bits per heavy atom. The Morgan fingerprint density at radius 2 is 1.88 bits per heavy atom. The number of alkyl halides is 3. The first-order chi connectivity index (χ1) is 7.45. The van der Waals surface area contributed by atoms with Gasteiger partial charge in [-0.2, -0.15) is 13.2 Å². The summed E-state index contributed by atoms with van der Waals surface area (Å²) >= 11 is 0. The molecule has 1 rings (SSSR count). The molecule has 0 saturated carbocycles. The van der Waals surface area contributed by atoms with E-state index in [-0.39, 0.29) is 18.4 Å². The molecule has 0 aromatic heterocycles. The molecular formula is C11H16ClF3N2. The monoisotopic (exact) mass is 268 g/mol. The molecule has 0 spiro atoms. The molecule has 0 radical (unpaired) electrons. The van der Waals surface area contributed by atoms with Gasteiger partial charge in [0.2, 0.25) is 0 Å². The fourth-order valence-electron chi connectivity index (χ4n) is 1.45. The molecule has 6 heteroatoms. The van der Waals surface area contributed by atoms with Crippen molar-refractivity contribution in [2.45, 2.75) is 25.1 Å². The lowest BCUT2D eigenvalue weighted by Gasteiger charge is -2.14. The van der Waals surface area contributed by atoms with Crippen LogP contribution in [0.25, 0.3) is 0 Å². The fourth-order valence-corrected chi connectivity index (χ4v) is 1.45. The van der Waals surface area contributed by atoms with Crippen molar-refractivity contribution in [1.82, 2.24) is 0 Å². The highest BCUT2D eigenvalue weighted by atomic mass is 35.5. The van der Waals surface area contributed by atoms with Gasteiger partial charge in [-0.15, -0.1) is 12.4 Å². The largest absolute Gasteiger partial charge is 0.416 e. The van der Waals surface area contributed by atoms with Crippen LogP contribution in [0.2, 0.25) is 0 Å². The molecule has 1 aromatic rings. The summed E-state index contributed by atoms with van der Waals surface area (Å²) in [5.74, 6) is 0. The topological polar surface area (TPSA) is 52.0 Å². The lowest BCUT2D eigenvalue weighted by molar-refractivity contribution is -0.137. The molecule has 0 aliphatic rings. The van der Waals surface area contributed by atoms with Crippen molar-refractivity contribution in [3.05, 3.63) is 35.4 Å². The van der Waals surface area contributed by atoms with Crippen LogP contribution in [-0.4, -0.2) is 6.54 Å². The molecule has 0 fully saturated rings. The maximum absolute atomic E-state index is 12.4. The Balaban J connectivity index is 0.00000256. The Kier molecular flexibility index (Phi) is 6.52. The van der Waals surface area contributed by atoms with Gasteiger partial charge in [0, 0.05) is 6.04 Å². The maximum atomic E-state index is 12.4. The van der Waals surface area contributed by atoms with Gasteiger partial charge in [0.15, 0.2) is 0 Å². The molecular weight excluding hydrogens is 253 g/mol. The number of rotatable bonds is 4. The highest BCUT2D eigenvalue weighted by Gasteiger charge is 2.30. The van der Waals surface area contributed by atoms with Gasteiger partial charge in [-0.25, -0.2) is 0 Å². The van der Waals surface area contributed by atoms with E-state index in [9.17, 15) is 13.2 Å². The fraction of sp³-hybridized carbons (Fsp3) is 0.455. The highest BCUT2D eigenvalue weighted by Crippen LogP contribution is 2.30. The quantitative estimate of drug-likeness (QED) is 0.882. The number of hydrogen-bond acceptors (Lipinski definition) is 2. The van der Waals surface area contributed by atoms with Gasteiger partial charge in [-0.05, 0) is 37.1 Å². The minimum absolute atomic E-state index is 0. The molecule has 4 N–H and O–H groups in total. The third-order valence-electron chi connectivity index (χ3n) is 2.36. The summed E-state index contributed by atoms with van der Waals surface area (Å²) in [6, 6.07) is 4.74. The van der Waals surface area contributed by atoms with Gasteiger partial charge in [0.1, 0.15) is 0 Å². The molecule has 0 amide bonds. The molecule has 0 unspecified atom stereocenters. The van der Waals surface area contributed by atoms with E-state index in [2.05, 4.69) is 0 Å². The van der Waals surface area contributed by atoms with Crippen LogP contribution in [-0.2, 0) is 6.18 Å². The summed E-state index contributed by atoms with van der Waals surface area (Å²) in [7, 11) is 0. The predicted molar refractivity (Wildman–Crippen MR) is 63.9 cm³/mol. The third-order valence-corrected chi connectivity index (χ3v) is 2.36. The van der Waals surface area contributed by atoms with Crippen LogP contribution in [0.15, 0.2) is 24.3 Å². The normalized spacial score (nSPS) is 13.0. The van der Waals surface area contributed by atoms with E-state index in [4.69, 9.17) is 11.5 Å². The van der Waals surface area contributed by atoms with Crippen molar-refractivity contribution in [3.8, 4) is 0 Å². The third kappa shape index (κ3) is 4.93. The summed E-state index contributed by atoms with van der Waals surface area (Å²) < 4.78 is 37.3. The Labute approximate surface area is 105 Å². The van der Waals surface area contributed by atoms with Crippen LogP contribution in [0.4, 0.5) is 13.2 Å². The van der Waals surface area contributed by atoms with E-state index in [1.165, 1.54) is 6.07 Å². The zero-order valence-corrected chi connectivity index (χ0v) is 10.0. The van der Waals surface area contributed by atoms with Crippen LogP contribution in [0.1, 0.15) is 30.0 Å². The van der Waals surface area contributed by atoms with E-state index >= 15 is 0 Å². The summed E-state index contributed by atoms with van der Waals surface area (Å²) in [5.41, 5.74) is 10.9. The van der Waals surface area contributed by atoms with Crippen molar-refractivity contribution >= 4 is 12.4 Å². The van der Waals surface area contributed by atoms with Crippen LogP contribution >= 0.6 is 12.4 Å². The minimum Gasteiger partial charge on any atom is -0.330 e. The Hall–Kier alpha value is -0.780. The van der Waals surface area contributed by atoms with Gasteiger partial charge in [-0.3, -0.25) is 0 Å². The molecule has 0 heterocycles. The lowest BCUT2D eigenvalue weighted by atomic mass is 10.0. The number of nitrogens with two attached hydrogens (primary N) is 2. The standard InChI is InChI=1S/C11H15F3N2.ClH/c12-11(13,14)9-4-1-3-8(7-9)10(16)5-2-6-15;/h1,3-4,7,10H,2,5-6,15-16H2;1H/t10-;/m1./s1. The van der Waals surface area contributed by atoms with E-state index < -0.39 is 11.7 Å². The SMILES string of the molecule is Cl.NCCC[C@@H](N)c1cccc(C(F)(F)F)c1. The van der Waals surface area contributed by atoms with Crippen LogP contribution in [0, 0.1) is 0 Å². The molecule has 2 nitrogen and oxygen atoms in total. The highest BCUT2D eigenvalue weighted by molar-refractivity contribution is 5.85. The minimum atomic E-state index is -4.32. The molecule has 1 atom stereocenters. The van der Waals surface area contributed by atoms with Gasteiger partial charge >= 0.3 is 6.18 Å². The first-order valence-electron chi connectivity index (χ1n) is 5.08. The number of benzene rings is 1. The summed E-state index contributed by atoms with van der Waals surface area (Å²) in [4.78, 5) is 0. The van der Waals surface area contributed by atoms with E-state index in [1.54, 1.807) is 6.07 Å². The van der Waals surface area contributed by atoms with E-state index in [1.807, 2.05) is 0 Å². The molecule has 0 saturated heterocycles. The average molecular weight is 269 g/mol. The van der Waals surface area contributed by atoms with Crippen molar-refractivity contribution in [3.63, 3.8) is 0 Å². The number of halogens is 4. The average Bonchev–Trinajstić information content (AvgIpc) is 2.25.